The Morgan fingerprint density at radius 2 is 2.00 bits per heavy atom. The van der Waals surface area contributed by atoms with E-state index in [1.54, 1.807) is 24.3 Å². The van der Waals surface area contributed by atoms with Gasteiger partial charge in [-0.3, -0.25) is 4.79 Å². The summed E-state index contributed by atoms with van der Waals surface area (Å²) >= 11 is 1.49. The summed E-state index contributed by atoms with van der Waals surface area (Å²) in [5, 5.41) is 29.7. The number of rotatable bonds is 10. The van der Waals surface area contributed by atoms with Crippen LogP contribution in [0, 0.1) is 11.3 Å². The minimum atomic E-state index is -0.960. The average Bonchev–Trinajstić information content (AvgIpc) is 2.95. The van der Waals surface area contributed by atoms with Crippen LogP contribution in [0.1, 0.15) is 67.8 Å². The molecule has 3 N–H and O–H groups in total. The van der Waals surface area contributed by atoms with Gasteiger partial charge in [0.15, 0.2) is 0 Å². The lowest BCUT2D eigenvalue weighted by Crippen LogP contribution is -2.41. The molecule has 0 radical (unpaired) electrons. The number of hydrogen-bond acceptors (Lipinski definition) is 5. The molecule has 0 amide bonds. The zero-order chi connectivity index (χ0) is 21.7. The second kappa shape index (κ2) is 10.1. The van der Waals surface area contributed by atoms with E-state index in [0.717, 1.165) is 31.2 Å². The SMILES string of the molecule is CCCC1(C(O)CC=C[C@H]2C(O)CC(=O)C2SCc2ccc(C(=O)O)cc2)CCC1. The van der Waals surface area contributed by atoms with Crippen LogP contribution in [-0.4, -0.2) is 44.5 Å². The number of benzene rings is 1. The van der Waals surface area contributed by atoms with E-state index in [1.807, 2.05) is 12.2 Å². The highest BCUT2D eigenvalue weighted by molar-refractivity contribution is 7.99. The van der Waals surface area contributed by atoms with Crippen molar-refractivity contribution in [2.75, 3.05) is 0 Å². The van der Waals surface area contributed by atoms with Crippen molar-refractivity contribution in [3.63, 3.8) is 0 Å². The largest absolute Gasteiger partial charge is 0.478 e. The van der Waals surface area contributed by atoms with Gasteiger partial charge >= 0.3 is 5.97 Å². The van der Waals surface area contributed by atoms with Gasteiger partial charge < -0.3 is 15.3 Å². The Bertz CT molecular complexity index is 768. The van der Waals surface area contributed by atoms with E-state index in [2.05, 4.69) is 6.92 Å². The molecule has 0 heterocycles. The highest BCUT2D eigenvalue weighted by Gasteiger charge is 2.42. The fourth-order valence-corrected chi connectivity index (χ4v) is 6.07. The van der Waals surface area contributed by atoms with Crippen LogP contribution < -0.4 is 0 Å². The smallest absolute Gasteiger partial charge is 0.335 e. The molecule has 0 spiro atoms. The molecule has 2 saturated carbocycles. The fraction of sp³-hybridized carbons (Fsp3) is 0.583. The topological polar surface area (TPSA) is 94.8 Å². The maximum atomic E-state index is 12.4. The zero-order valence-corrected chi connectivity index (χ0v) is 18.3. The summed E-state index contributed by atoms with van der Waals surface area (Å²) in [4.78, 5) is 23.4. The first-order chi connectivity index (χ1) is 14.4. The van der Waals surface area contributed by atoms with Crippen LogP contribution >= 0.6 is 11.8 Å². The molecule has 6 heteroatoms. The lowest BCUT2D eigenvalue weighted by molar-refractivity contribution is -0.117. The molecule has 30 heavy (non-hydrogen) atoms. The third-order valence-electron chi connectivity index (χ3n) is 6.67. The number of thioether (sulfide) groups is 1. The Hall–Kier alpha value is -1.63. The van der Waals surface area contributed by atoms with Crippen molar-refractivity contribution in [3.8, 4) is 0 Å². The molecule has 0 aromatic heterocycles. The van der Waals surface area contributed by atoms with Gasteiger partial charge in [0.05, 0.1) is 23.0 Å². The lowest BCUT2D eigenvalue weighted by Gasteiger charge is -2.45. The van der Waals surface area contributed by atoms with Crippen LogP contribution in [0.3, 0.4) is 0 Å². The Balaban J connectivity index is 1.58. The maximum absolute atomic E-state index is 12.4. The highest BCUT2D eigenvalue weighted by atomic mass is 32.2. The summed E-state index contributed by atoms with van der Waals surface area (Å²) in [5.74, 6) is -0.587. The van der Waals surface area contributed by atoms with Crippen molar-refractivity contribution >= 4 is 23.5 Å². The molecule has 3 unspecified atom stereocenters. The van der Waals surface area contributed by atoms with Crippen molar-refractivity contribution in [2.45, 2.75) is 75.1 Å². The Morgan fingerprint density at radius 1 is 1.30 bits per heavy atom. The molecular weight excluding hydrogens is 400 g/mol. The van der Waals surface area contributed by atoms with Crippen molar-refractivity contribution in [3.05, 3.63) is 47.5 Å². The second-order valence-corrected chi connectivity index (χ2v) is 9.82. The van der Waals surface area contributed by atoms with Crippen LogP contribution in [0.15, 0.2) is 36.4 Å². The molecule has 2 aliphatic rings. The number of ketones is 1. The van der Waals surface area contributed by atoms with Gasteiger partial charge in [-0.05, 0) is 48.8 Å². The third-order valence-corrected chi connectivity index (χ3v) is 8.11. The predicted molar refractivity (Wildman–Crippen MR) is 119 cm³/mol. The summed E-state index contributed by atoms with van der Waals surface area (Å²) in [6.07, 6.45) is 9.00. The summed E-state index contributed by atoms with van der Waals surface area (Å²) in [7, 11) is 0. The number of Topliss-reactive ketones (excluding diaryl/α,β-unsaturated/α-hetero) is 1. The van der Waals surface area contributed by atoms with E-state index in [0.29, 0.717) is 12.2 Å². The van der Waals surface area contributed by atoms with Gasteiger partial charge in [-0.15, -0.1) is 11.8 Å². The number of aliphatic hydroxyl groups is 2. The standard InChI is InChI=1S/C24H32O5S/c1-2-11-24(12-4-13-24)21(27)6-3-5-18-19(25)14-20(26)22(18)30-15-16-7-9-17(10-8-16)23(28)29/h3,5,7-10,18-19,21-22,25,27H,2,4,6,11-15H2,1H3,(H,28,29)/t18-,19?,21?,22?/m0/s1. The molecule has 0 aliphatic heterocycles. The molecule has 164 valence electrons. The number of carbonyl (C=O) groups excluding carboxylic acids is 1. The van der Waals surface area contributed by atoms with E-state index in [-0.39, 0.29) is 40.5 Å². The third kappa shape index (κ3) is 5.16. The number of carboxylic acid groups (broad SMARTS) is 1. The first kappa shape index (κ1) is 23.0. The van der Waals surface area contributed by atoms with Crippen LogP contribution in [-0.2, 0) is 10.5 Å². The Labute approximate surface area is 182 Å². The normalized spacial score (nSPS) is 26.6. The van der Waals surface area contributed by atoms with Gasteiger partial charge in [-0.2, -0.15) is 0 Å². The van der Waals surface area contributed by atoms with Crippen LogP contribution in [0.4, 0.5) is 0 Å². The van der Waals surface area contributed by atoms with Crippen LogP contribution in [0.2, 0.25) is 0 Å². The predicted octanol–water partition coefficient (Wildman–Crippen LogP) is 4.21. The van der Waals surface area contributed by atoms with Crippen molar-refractivity contribution in [1.82, 2.24) is 0 Å². The molecule has 4 atom stereocenters. The zero-order valence-electron chi connectivity index (χ0n) is 17.5. The molecule has 2 aliphatic carbocycles. The van der Waals surface area contributed by atoms with Gasteiger partial charge in [-0.1, -0.05) is 44.1 Å². The van der Waals surface area contributed by atoms with Crippen molar-refractivity contribution < 1.29 is 24.9 Å². The Morgan fingerprint density at radius 3 is 2.57 bits per heavy atom. The molecule has 0 saturated heterocycles. The summed E-state index contributed by atoms with van der Waals surface area (Å²) in [6, 6.07) is 6.66. The van der Waals surface area contributed by atoms with Gasteiger partial charge in [0.2, 0.25) is 0 Å². The first-order valence-electron chi connectivity index (χ1n) is 10.9. The molecule has 2 fully saturated rings. The molecular formula is C24H32O5S. The van der Waals surface area contributed by atoms with E-state index < -0.39 is 12.1 Å². The van der Waals surface area contributed by atoms with E-state index in [4.69, 9.17) is 5.11 Å². The van der Waals surface area contributed by atoms with Crippen molar-refractivity contribution in [1.29, 1.82) is 0 Å². The summed E-state index contributed by atoms with van der Waals surface area (Å²) in [5.41, 5.74) is 1.24. The minimum Gasteiger partial charge on any atom is -0.478 e. The number of aliphatic hydroxyl groups excluding tert-OH is 2. The second-order valence-electron chi connectivity index (χ2n) is 8.69. The van der Waals surface area contributed by atoms with Crippen molar-refractivity contribution in [2.24, 2.45) is 11.3 Å². The first-order valence-corrected chi connectivity index (χ1v) is 11.9. The maximum Gasteiger partial charge on any atom is 0.335 e. The van der Waals surface area contributed by atoms with Gasteiger partial charge in [0.1, 0.15) is 5.78 Å². The molecule has 0 bridgehead atoms. The number of hydrogen-bond donors (Lipinski definition) is 3. The van der Waals surface area contributed by atoms with Gasteiger partial charge in [-0.25, -0.2) is 4.79 Å². The number of carboxylic acids is 1. The minimum absolute atomic E-state index is 0.0475. The highest BCUT2D eigenvalue weighted by Crippen LogP contribution is 2.48. The van der Waals surface area contributed by atoms with Gasteiger partial charge in [0, 0.05) is 18.1 Å². The van der Waals surface area contributed by atoms with E-state index >= 15 is 0 Å². The monoisotopic (exact) mass is 432 g/mol. The molecule has 1 aromatic carbocycles. The van der Waals surface area contributed by atoms with Gasteiger partial charge in [0.25, 0.3) is 0 Å². The molecule has 1 aromatic rings. The quantitative estimate of drug-likeness (QED) is 0.479. The van der Waals surface area contributed by atoms with E-state index in [9.17, 15) is 19.8 Å². The molecule has 3 rings (SSSR count). The fourth-order valence-electron chi connectivity index (χ4n) is 4.73. The Kier molecular flexibility index (Phi) is 7.77. The molecule has 5 nitrogen and oxygen atoms in total. The van der Waals surface area contributed by atoms with E-state index in [1.165, 1.54) is 18.2 Å². The average molecular weight is 433 g/mol. The van der Waals surface area contributed by atoms with Crippen LogP contribution in [0.5, 0.6) is 0 Å². The summed E-state index contributed by atoms with van der Waals surface area (Å²) < 4.78 is 0. The lowest BCUT2D eigenvalue weighted by atomic mass is 9.62. The number of aromatic carboxylic acids is 1. The summed E-state index contributed by atoms with van der Waals surface area (Å²) in [6.45, 7) is 2.15. The number of carbonyl (C=O) groups is 2. The van der Waals surface area contributed by atoms with Crippen LogP contribution in [0.25, 0.3) is 0 Å².